The van der Waals surface area contributed by atoms with Crippen molar-refractivity contribution in [3.8, 4) is 11.5 Å². The van der Waals surface area contributed by atoms with Crippen LogP contribution in [0, 0.1) is 5.92 Å². The number of aromatic nitrogens is 5. The second-order valence-corrected chi connectivity index (χ2v) is 5.58. The van der Waals surface area contributed by atoms with Gasteiger partial charge >= 0.3 is 0 Å². The first-order chi connectivity index (χ1) is 10.3. The van der Waals surface area contributed by atoms with Gasteiger partial charge in [0.1, 0.15) is 5.69 Å². The van der Waals surface area contributed by atoms with E-state index < -0.39 is 0 Å². The molecular weight excluding hydrogens is 266 g/mol. The number of hydrogen-bond acceptors (Lipinski definition) is 5. The molecule has 3 heterocycles. The third-order valence-electron chi connectivity index (χ3n) is 3.94. The lowest BCUT2D eigenvalue weighted by Gasteiger charge is -2.23. The van der Waals surface area contributed by atoms with Gasteiger partial charge in [-0.2, -0.15) is 10.1 Å². The van der Waals surface area contributed by atoms with Crippen LogP contribution >= 0.6 is 0 Å². The van der Waals surface area contributed by atoms with Gasteiger partial charge in [-0.15, -0.1) is 0 Å². The maximum absolute atomic E-state index is 5.48. The summed E-state index contributed by atoms with van der Waals surface area (Å²) in [5, 5.41) is 11.3. The zero-order valence-electron chi connectivity index (χ0n) is 11.7. The minimum absolute atomic E-state index is 0.0937. The maximum Gasteiger partial charge on any atom is 0.236 e. The monoisotopic (exact) mass is 281 g/mol. The van der Waals surface area contributed by atoms with Gasteiger partial charge in [0.25, 0.3) is 0 Å². The van der Waals surface area contributed by atoms with E-state index in [0.29, 0.717) is 17.6 Å². The van der Waals surface area contributed by atoms with Gasteiger partial charge in [0, 0.05) is 6.20 Å². The predicted octanol–water partition coefficient (Wildman–Crippen LogP) is 2.57. The van der Waals surface area contributed by atoms with Gasteiger partial charge in [-0.05, 0) is 36.5 Å². The fourth-order valence-electron chi connectivity index (χ4n) is 2.96. The largest absolute Gasteiger partial charge is 0.338 e. The number of aromatic amines is 1. The van der Waals surface area contributed by atoms with E-state index in [-0.39, 0.29) is 5.92 Å². The van der Waals surface area contributed by atoms with Gasteiger partial charge in [0.15, 0.2) is 0 Å². The molecule has 0 saturated carbocycles. The van der Waals surface area contributed by atoms with Crippen LogP contribution in [-0.4, -0.2) is 25.3 Å². The van der Waals surface area contributed by atoms with Crippen LogP contribution in [0.5, 0.6) is 0 Å². The Morgan fingerprint density at radius 1 is 1.33 bits per heavy atom. The molecule has 0 aliphatic heterocycles. The minimum Gasteiger partial charge on any atom is -0.338 e. The van der Waals surface area contributed by atoms with Crippen molar-refractivity contribution in [2.24, 2.45) is 5.92 Å². The Kier molecular flexibility index (Phi) is 2.80. The van der Waals surface area contributed by atoms with E-state index >= 15 is 0 Å². The molecule has 0 amide bonds. The highest BCUT2D eigenvalue weighted by Crippen LogP contribution is 2.37. The lowest BCUT2D eigenvalue weighted by Crippen LogP contribution is -2.17. The van der Waals surface area contributed by atoms with Crippen molar-refractivity contribution in [2.45, 2.75) is 25.7 Å². The van der Waals surface area contributed by atoms with Crippen molar-refractivity contribution in [2.75, 3.05) is 0 Å². The van der Waals surface area contributed by atoms with Crippen LogP contribution in [0.15, 0.2) is 35.1 Å². The smallest absolute Gasteiger partial charge is 0.236 e. The van der Waals surface area contributed by atoms with Crippen molar-refractivity contribution >= 4 is 0 Å². The number of rotatable bonds is 2. The Morgan fingerprint density at radius 3 is 3.14 bits per heavy atom. The third kappa shape index (κ3) is 2.12. The second-order valence-electron chi connectivity index (χ2n) is 5.58. The first-order valence-electron chi connectivity index (χ1n) is 7.08. The Balaban J connectivity index is 1.71. The van der Waals surface area contributed by atoms with Crippen LogP contribution in [0.25, 0.3) is 11.5 Å². The molecule has 6 nitrogen and oxygen atoms in total. The Labute approximate surface area is 121 Å². The van der Waals surface area contributed by atoms with Gasteiger partial charge in [-0.3, -0.25) is 10.1 Å². The number of pyridine rings is 1. The first-order valence-corrected chi connectivity index (χ1v) is 7.08. The lowest BCUT2D eigenvalue weighted by atomic mass is 9.81. The molecule has 0 fully saturated rings. The third-order valence-corrected chi connectivity index (χ3v) is 3.94. The van der Waals surface area contributed by atoms with E-state index in [1.54, 1.807) is 6.20 Å². The van der Waals surface area contributed by atoms with Gasteiger partial charge in [-0.25, -0.2) is 0 Å². The van der Waals surface area contributed by atoms with Gasteiger partial charge in [0.2, 0.25) is 11.7 Å². The summed E-state index contributed by atoms with van der Waals surface area (Å²) in [6.07, 6.45) is 5.65. The molecule has 0 spiro atoms. The number of H-pyrrole nitrogens is 1. The second kappa shape index (κ2) is 4.80. The Hall–Kier alpha value is -2.50. The number of fused-ring (bicyclic) bond motifs is 1. The van der Waals surface area contributed by atoms with Crippen LogP contribution in [0.3, 0.4) is 0 Å². The topological polar surface area (TPSA) is 80.5 Å². The molecule has 1 N–H and O–H groups in total. The summed E-state index contributed by atoms with van der Waals surface area (Å²) < 4.78 is 5.48. The van der Waals surface area contributed by atoms with E-state index in [4.69, 9.17) is 4.52 Å². The van der Waals surface area contributed by atoms with Gasteiger partial charge < -0.3 is 4.52 Å². The van der Waals surface area contributed by atoms with E-state index in [1.807, 2.05) is 24.4 Å². The molecule has 0 bridgehead atoms. The summed E-state index contributed by atoms with van der Waals surface area (Å²) in [5.74, 6) is 1.83. The minimum atomic E-state index is 0.0937. The SMILES string of the molecule is CC1Cc2cn[nH]c2C(c2nc(-c3ccccn3)no2)C1. The van der Waals surface area contributed by atoms with Crippen molar-refractivity contribution < 1.29 is 4.52 Å². The molecule has 0 saturated heterocycles. The quantitative estimate of drug-likeness (QED) is 0.780. The number of nitrogens with zero attached hydrogens (tertiary/aromatic N) is 4. The maximum atomic E-state index is 5.48. The molecule has 0 radical (unpaired) electrons. The Morgan fingerprint density at radius 2 is 2.29 bits per heavy atom. The molecule has 2 unspecified atom stereocenters. The normalized spacial score (nSPS) is 21.2. The zero-order valence-corrected chi connectivity index (χ0v) is 11.7. The summed E-state index contributed by atoms with van der Waals surface area (Å²) in [6.45, 7) is 2.24. The molecule has 106 valence electrons. The van der Waals surface area contributed by atoms with Gasteiger partial charge in [0.05, 0.1) is 17.8 Å². The first kappa shape index (κ1) is 12.3. The van der Waals surface area contributed by atoms with Gasteiger partial charge in [-0.1, -0.05) is 18.1 Å². The summed E-state index contributed by atoms with van der Waals surface area (Å²) in [7, 11) is 0. The molecule has 0 aromatic carbocycles. The standard InChI is InChI=1S/C15H15N5O/c1-9-6-10-8-17-19-13(10)11(7-9)15-18-14(20-21-15)12-4-2-3-5-16-12/h2-5,8-9,11H,6-7H2,1H3,(H,17,19). The van der Waals surface area contributed by atoms with Crippen molar-refractivity contribution in [1.82, 2.24) is 25.3 Å². The van der Waals surface area contributed by atoms with E-state index in [2.05, 4.69) is 32.2 Å². The van der Waals surface area contributed by atoms with Crippen molar-refractivity contribution in [3.05, 3.63) is 47.7 Å². The predicted molar refractivity (Wildman–Crippen MR) is 75.4 cm³/mol. The molecule has 3 aromatic rings. The lowest BCUT2D eigenvalue weighted by molar-refractivity contribution is 0.333. The summed E-state index contributed by atoms with van der Waals surface area (Å²) >= 11 is 0. The fourth-order valence-corrected chi connectivity index (χ4v) is 2.96. The molecule has 21 heavy (non-hydrogen) atoms. The number of hydrogen-bond donors (Lipinski definition) is 1. The molecule has 2 atom stereocenters. The van der Waals surface area contributed by atoms with E-state index in [0.717, 1.165) is 24.2 Å². The fraction of sp³-hybridized carbons (Fsp3) is 0.333. The summed E-state index contributed by atoms with van der Waals surface area (Å²) in [4.78, 5) is 8.78. The van der Waals surface area contributed by atoms with Crippen LogP contribution < -0.4 is 0 Å². The zero-order chi connectivity index (χ0) is 14.2. The average Bonchev–Trinajstić information content (AvgIpc) is 3.16. The van der Waals surface area contributed by atoms with Crippen LogP contribution in [0.1, 0.15) is 36.4 Å². The highest BCUT2D eigenvalue weighted by Gasteiger charge is 2.31. The van der Waals surface area contributed by atoms with Crippen LogP contribution in [0.2, 0.25) is 0 Å². The average molecular weight is 281 g/mol. The van der Waals surface area contributed by atoms with E-state index in [9.17, 15) is 0 Å². The summed E-state index contributed by atoms with van der Waals surface area (Å²) in [5.41, 5.74) is 3.07. The van der Waals surface area contributed by atoms with E-state index in [1.165, 1.54) is 5.56 Å². The highest BCUT2D eigenvalue weighted by molar-refractivity contribution is 5.47. The molecule has 3 aromatic heterocycles. The molecular formula is C15H15N5O. The Bertz CT molecular complexity index is 748. The summed E-state index contributed by atoms with van der Waals surface area (Å²) in [6, 6.07) is 5.65. The van der Waals surface area contributed by atoms with Crippen LogP contribution in [0.4, 0.5) is 0 Å². The molecule has 4 rings (SSSR count). The molecule has 1 aliphatic rings. The van der Waals surface area contributed by atoms with Crippen molar-refractivity contribution in [1.29, 1.82) is 0 Å². The molecule has 6 heteroatoms. The van der Waals surface area contributed by atoms with Crippen molar-refractivity contribution in [3.63, 3.8) is 0 Å². The number of nitrogens with one attached hydrogen (secondary N) is 1. The molecule has 1 aliphatic carbocycles. The van der Waals surface area contributed by atoms with Crippen LogP contribution in [-0.2, 0) is 6.42 Å². The highest BCUT2D eigenvalue weighted by atomic mass is 16.5.